The molecule has 0 saturated heterocycles. The molecule has 9 nitrogen and oxygen atoms in total. The van der Waals surface area contributed by atoms with Crippen molar-refractivity contribution in [1.82, 2.24) is 14.7 Å². The predicted molar refractivity (Wildman–Crippen MR) is 68.2 cm³/mol. The Morgan fingerprint density at radius 2 is 1.30 bits per heavy atom. The van der Waals surface area contributed by atoms with E-state index in [1.807, 2.05) is 0 Å². The highest BCUT2D eigenvalue weighted by atomic mass is 16.4. The molecule has 3 amide bonds. The number of carboxylic acid groups (broad SMARTS) is 2. The van der Waals surface area contributed by atoms with Crippen molar-refractivity contribution in [2.75, 3.05) is 40.3 Å². The number of hydrogen-bond donors (Lipinski definition) is 2. The molecule has 0 saturated carbocycles. The number of urea groups is 1. The number of hydrogen-bond acceptors (Lipinski definition) is 4. The van der Waals surface area contributed by atoms with Gasteiger partial charge < -0.3 is 24.9 Å². The summed E-state index contributed by atoms with van der Waals surface area (Å²) in [6, 6.07) is -0.799. The van der Waals surface area contributed by atoms with Gasteiger partial charge >= 0.3 is 18.0 Å². The van der Waals surface area contributed by atoms with Gasteiger partial charge in [0.15, 0.2) is 0 Å². The normalized spacial score (nSPS) is 9.75. The zero-order valence-corrected chi connectivity index (χ0v) is 11.7. The number of nitrogens with zero attached hydrogens (tertiary/aromatic N) is 3. The summed E-state index contributed by atoms with van der Waals surface area (Å²) in [5.41, 5.74) is 0. The van der Waals surface area contributed by atoms with Gasteiger partial charge in [-0.3, -0.25) is 14.4 Å². The lowest BCUT2D eigenvalue weighted by molar-refractivity contribution is -0.140. The summed E-state index contributed by atoms with van der Waals surface area (Å²) in [7, 11) is 3.04. The number of likely N-dealkylation sites (N-methyl/N-ethyl adjacent to an activating group) is 2. The van der Waals surface area contributed by atoms with Crippen molar-refractivity contribution in [3.63, 3.8) is 0 Å². The molecule has 0 atom stereocenters. The van der Waals surface area contributed by atoms with Crippen molar-refractivity contribution >= 4 is 23.9 Å². The van der Waals surface area contributed by atoms with E-state index >= 15 is 0 Å². The first-order chi connectivity index (χ1) is 9.18. The van der Waals surface area contributed by atoms with Crippen LogP contribution in [0.1, 0.15) is 6.92 Å². The second-order valence-electron chi connectivity index (χ2n) is 4.23. The zero-order chi connectivity index (χ0) is 15.9. The van der Waals surface area contributed by atoms with Crippen LogP contribution in [0.3, 0.4) is 0 Å². The number of amides is 3. The van der Waals surface area contributed by atoms with E-state index in [2.05, 4.69) is 0 Å². The molecular weight excluding hydrogens is 270 g/mol. The molecule has 0 aromatic carbocycles. The topological polar surface area (TPSA) is 118 Å². The first-order valence-corrected chi connectivity index (χ1v) is 5.86. The monoisotopic (exact) mass is 289 g/mol. The van der Waals surface area contributed by atoms with Crippen molar-refractivity contribution in [2.24, 2.45) is 0 Å². The number of rotatable bonds is 7. The molecule has 0 radical (unpaired) electrons. The third-order valence-corrected chi connectivity index (χ3v) is 2.40. The molecule has 0 aliphatic carbocycles. The Balaban J connectivity index is 4.93. The molecule has 9 heteroatoms. The van der Waals surface area contributed by atoms with Crippen molar-refractivity contribution in [1.29, 1.82) is 0 Å². The molecule has 0 rings (SSSR count). The zero-order valence-electron chi connectivity index (χ0n) is 11.7. The molecule has 20 heavy (non-hydrogen) atoms. The van der Waals surface area contributed by atoms with E-state index in [4.69, 9.17) is 10.2 Å². The molecule has 0 aliphatic heterocycles. The number of aliphatic carboxylic acids is 2. The fraction of sp³-hybridized carbons (Fsp3) is 0.636. The predicted octanol–water partition coefficient (Wildman–Crippen LogP) is -1.01. The maximum atomic E-state index is 12.1. The highest BCUT2D eigenvalue weighted by Gasteiger charge is 2.25. The SMILES string of the molecule is CCN(CC(=O)N(C)C)C(=O)N(CC(=O)O)CC(=O)O. The Labute approximate surface area is 116 Å². The molecule has 114 valence electrons. The van der Waals surface area contributed by atoms with E-state index in [0.29, 0.717) is 4.90 Å². The summed E-state index contributed by atoms with van der Waals surface area (Å²) < 4.78 is 0. The van der Waals surface area contributed by atoms with Crippen molar-refractivity contribution < 1.29 is 29.4 Å². The Morgan fingerprint density at radius 1 is 0.850 bits per heavy atom. The van der Waals surface area contributed by atoms with Crippen LogP contribution in [-0.4, -0.2) is 89.1 Å². The minimum absolute atomic E-state index is 0.161. The van der Waals surface area contributed by atoms with Crippen LogP contribution in [0, 0.1) is 0 Å². The number of carboxylic acids is 2. The van der Waals surface area contributed by atoms with Crippen LogP contribution in [0.4, 0.5) is 4.79 Å². The maximum absolute atomic E-state index is 12.1. The first-order valence-electron chi connectivity index (χ1n) is 5.86. The van der Waals surface area contributed by atoms with E-state index in [0.717, 1.165) is 4.90 Å². The van der Waals surface area contributed by atoms with Crippen LogP contribution in [0.2, 0.25) is 0 Å². The third-order valence-electron chi connectivity index (χ3n) is 2.40. The van der Waals surface area contributed by atoms with Crippen LogP contribution in [0.25, 0.3) is 0 Å². The van der Waals surface area contributed by atoms with Crippen LogP contribution < -0.4 is 0 Å². The number of carbonyl (C=O) groups excluding carboxylic acids is 2. The smallest absolute Gasteiger partial charge is 0.323 e. The standard InChI is InChI=1S/C11H19N3O6/c1-4-13(5-8(15)12(2)3)11(20)14(6-9(16)17)7-10(18)19/h4-7H2,1-3H3,(H,16,17)(H,18,19). The average Bonchev–Trinajstić information content (AvgIpc) is 2.32. The van der Waals surface area contributed by atoms with Gasteiger partial charge in [-0.2, -0.15) is 0 Å². The second kappa shape index (κ2) is 7.97. The Hall–Kier alpha value is -2.32. The van der Waals surface area contributed by atoms with E-state index in [-0.39, 0.29) is 19.0 Å². The summed E-state index contributed by atoms with van der Waals surface area (Å²) in [5, 5.41) is 17.4. The Morgan fingerprint density at radius 3 is 1.60 bits per heavy atom. The molecular formula is C11H19N3O6. The second-order valence-corrected chi connectivity index (χ2v) is 4.23. The van der Waals surface area contributed by atoms with E-state index in [1.54, 1.807) is 6.92 Å². The van der Waals surface area contributed by atoms with E-state index in [1.165, 1.54) is 19.0 Å². The van der Waals surface area contributed by atoms with E-state index in [9.17, 15) is 19.2 Å². The molecule has 0 aromatic rings. The molecule has 0 aliphatic rings. The van der Waals surface area contributed by atoms with Crippen LogP contribution in [0.5, 0.6) is 0 Å². The van der Waals surface area contributed by atoms with E-state index < -0.39 is 31.1 Å². The van der Waals surface area contributed by atoms with Crippen LogP contribution >= 0.6 is 0 Å². The van der Waals surface area contributed by atoms with Gasteiger partial charge in [-0.05, 0) is 6.92 Å². The van der Waals surface area contributed by atoms with Gasteiger partial charge in [-0.15, -0.1) is 0 Å². The van der Waals surface area contributed by atoms with Crippen molar-refractivity contribution in [2.45, 2.75) is 6.92 Å². The number of carbonyl (C=O) groups is 4. The minimum Gasteiger partial charge on any atom is -0.480 e. The highest BCUT2D eigenvalue weighted by Crippen LogP contribution is 2.01. The molecule has 0 spiro atoms. The average molecular weight is 289 g/mol. The fourth-order valence-electron chi connectivity index (χ4n) is 1.34. The molecule has 0 aromatic heterocycles. The molecule has 0 heterocycles. The highest BCUT2D eigenvalue weighted by molar-refractivity contribution is 5.87. The Bertz CT molecular complexity index is 380. The lowest BCUT2D eigenvalue weighted by Crippen LogP contribution is -2.50. The van der Waals surface area contributed by atoms with Gasteiger partial charge in [-0.1, -0.05) is 0 Å². The maximum Gasteiger partial charge on any atom is 0.323 e. The summed E-state index contributed by atoms with van der Waals surface area (Å²) in [6.07, 6.45) is 0. The fourth-order valence-corrected chi connectivity index (χ4v) is 1.34. The van der Waals surface area contributed by atoms with Crippen molar-refractivity contribution in [3.8, 4) is 0 Å². The third kappa shape index (κ3) is 6.03. The lowest BCUT2D eigenvalue weighted by Gasteiger charge is -2.28. The van der Waals surface area contributed by atoms with Gasteiger partial charge in [-0.25, -0.2) is 4.79 Å². The summed E-state index contributed by atoms with van der Waals surface area (Å²) in [4.78, 5) is 48.0. The summed E-state index contributed by atoms with van der Waals surface area (Å²) >= 11 is 0. The van der Waals surface area contributed by atoms with Crippen molar-refractivity contribution in [3.05, 3.63) is 0 Å². The quantitative estimate of drug-likeness (QED) is 0.619. The molecule has 2 N–H and O–H groups in total. The van der Waals surface area contributed by atoms with Gasteiger partial charge in [0.05, 0.1) is 0 Å². The van der Waals surface area contributed by atoms with Crippen LogP contribution in [-0.2, 0) is 14.4 Å². The first kappa shape index (κ1) is 17.7. The molecule has 0 unspecified atom stereocenters. The minimum atomic E-state index is -1.32. The van der Waals surface area contributed by atoms with Gasteiger partial charge in [0, 0.05) is 20.6 Å². The summed E-state index contributed by atoms with van der Waals surface area (Å²) in [5.74, 6) is -2.99. The molecule has 0 bridgehead atoms. The summed E-state index contributed by atoms with van der Waals surface area (Å²) in [6.45, 7) is 0.0579. The largest absolute Gasteiger partial charge is 0.480 e. The van der Waals surface area contributed by atoms with Gasteiger partial charge in [0.25, 0.3) is 0 Å². The Kier molecular flexibility index (Phi) is 7.05. The van der Waals surface area contributed by atoms with Gasteiger partial charge in [0.1, 0.15) is 19.6 Å². The van der Waals surface area contributed by atoms with Crippen LogP contribution in [0.15, 0.2) is 0 Å². The van der Waals surface area contributed by atoms with Gasteiger partial charge in [0.2, 0.25) is 5.91 Å². The molecule has 0 fully saturated rings. The lowest BCUT2D eigenvalue weighted by atomic mass is 10.4.